The molecule has 0 radical (unpaired) electrons. The van der Waals surface area contributed by atoms with Crippen molar-refractivity contribution in [2.45, 2.75) is 31.7 Å². The number of carboxylic acid groups (broad SMARTS) is 1. The van der Waals surface area contributed by atoms with E-state index in [0.717, 1.165) is 24.1 Å². The van der Waals surface area contributed by atoms with Gasteiger partial charge in [0.2, 0.25) is 5.91 Å². The molecule has 1 fully saturated rings. The molecular formula is C35H34N2O5. The number of carboxylic acids is 1. The van der Waals surface area contributed by atoms with Crippen molar-refractivity contribution in [3.63, 3.8) is 0 Å². The fourth-order valence-corrected chi connectivity index (χ4v) is 4.84. The second-order valence-electron chi connectivity index (χ2n) is 10.4. The number of carbonyl (C=O) groups is 3. The maximum atomic E-state index is 13.1. The molecule has 7 nitrogen and oxygen atoms in total. The van der Waals surface area contributed by atoms with E-state index in [1.807, 2.05) is 65.6 Å². The lowest BCUT2D eigenvalue weighted by molar-refractivity contribution is -0.137. The molecule has 1 aliphatic carbocycles. The van der Waals surface area contributed by atoms with E-state index in [2.05, 4.69) is 5.32 Å². The molecule has 42 heavy (non-hydrogen) atoms. The van der Waals surface area contributed by atoms with Crippen molar-refractivity contribution >= 4 is 29.0 Å². The Labute approximate surface area is 245 Å². The fourth-order valence-electron chi connectivity index (χ4n) is 4.84. The molecular weight excluding hydrogens is 528 g/mol. The zero-order valence-electron chi connectivity index (χ0n) is 23.3. The molecule has 0 spiro atoms. The average Bonchev–Trinajstić information content (AvgIpc) is 3.88. The molecule has 0 aliphatic heterocycles. The van der Waals surface area contributed by atoms with E-state index in [1.165, 1.54) is 0 Å². The number of hydrogen-bond donors (Lipinski definition) is 2. The van der Waals surface area contributed by atoms with Gasteiger partial charge in [0.1, 0.15) is 11.8 Å². The molecule has 5 rings (SSSR count). The summed E-state index contributed by atoms with van der Waals surface area (Å²) in [5, 5.41) is 13.0. The third-order valence-corrected chi connectivity index (χ3v) is 7.25. The first-order valence-electron chi connectivity index (χ1n) is 14.3. The fraction of sp³-hybridized carbons (Fsp3) is 0.229. The number of anilines is 2. The molecule has 0 bridgehead atoms. The monoisotopic (exact) mass is 562 g/mol. The van der Waals surface area contributed by atoms with E-state index in [9.17, 15) is 19.5 Å². The highest BCUT2D eigenvalue weighted by Gasteiger charge is 2.33. The van der Waals surface area contributed by atoms with E-state index in [4.69, 9.17) is 4.74 Å². The summed E-state index contributed by atoms with van der Waals surface area (Å²) in [5.41, 5.74) is 3.16. The number of amides is 1. The van der Waals surface area contributed by atoms with Gasteiger partial charge in [-0.1, -0.05) is 72.8 Å². The van der Waals surface area contributed by atoms with Gasteiger partial charge in [0, 0.05) is 41.4 Å². The lowest BCUT2D eigenvalue weighted by Gasteiger charge is -2.23. The summed E-state index contributed by atoms with van der Waals surface area (Å²) in [6, 6.07) is 32.0. The Balaban J connectivity index is 1.16. The molecule has 214 valence electrons. The number of hydrogen-bond acceptors (Lipinski definition) is 5. The normalized spacial score (nSPS) is 13.1. The van der Waals surface area contributed by atoms with Crippen molar-refractivity contribution < 1.29 is 24.2 Å². The summed E-state index contributed by atoms with van der Waals surface area (Å²) in [6.07, 6.45) is 2.82. The predicted octanol–water partition coefficient (Wildman–Crippen LogP) is 6.24. The molecule has 4 aromatic rings. The zero-order chi connectivity index (χ0) is 29.3. The van der Waals surface area contributed by atoms with E-state index < -0.39 is 12.0 Å². The predicted molar refractivity (Wildman–Crippen MR) is 163 cm³/mol. The summed E-state index contributed by atoms with van der Waals surface area (Å²) in [6.45, 7) is 1.03. The lowest BCUT2D eigenvalue weighted by Crippen LogP contribution is -2.33. The van der Waals surface area contributed by atoms with Crippen LogP contribution in [0, 0.1) is 5.92 Å². The van der Waals surface area contributed by atoms with Crippen LogP contribution in [0.4, 0.5) is 11.4 Å². The smallest absolute Gasteiger partial charge is 0.326 e. The van der Waals surface area contributed by atoms with Crippen LogP contribution in [0.25, 0.3) is 0 Å². The van der Waals surface area contributed by atoms with Crippen LogP contribution in [0.1, 0.15) is 40.7 Å². The van der Waals surface area contributed by atoms with Crippen LogP contribution >= 0.6 is 0 Å². The lowest BCUT2D eigenvalue weighted by atomic mass is 10.00. The summed E-state index contributed by atoms with van der Waals surface area (Å²) >= 11 is 0. The van der Waals surface area contributed by atoms with Crippen molar-refractivity contribution in [1.29, 1.82) is 0 Å². The highest BCUT2D eigenvalue weighted by molar-refractivity contribution is 6.12. The molecule has 0 aromatic heterocycles. The molecule has 2 N–H and O–H groups in total. The number of aliphatic carboxylic acids is 1. The number of rotatable bonds is 14. The second-order valence-corrected chi connectivity index (χ2v) is 10.4. The Hall–Kier alpha value is -4.91. The van der Waals surface area contributed by atoms with Gasteiger partial charge in [0.25, 0.3) is 0 Å². The number of nitrogens with zero attached hydrogens (tertiary/aromatic N) is 1. The molecule has 0 saturated heterocycles. The summed E-state index contributed by atoms with van der Waals surface area (Å²) in [4.78, 5) is 39.9. The second kappa shape index (κ2) is 13.6. The summed E-state index contributed by atoms with van der Waals surface area (Å²) < 4.78 is 5.93. The number of benzene rings is 4. The maximum Gasteiger partial charge on any atom is 0.326 e. The van der Waals surface area contributed by atoms with Crippen LogP contribution in [-0.2, 0) is 16.0 Å². The minimum absolute atomic E-state index is 0.139. The topological polar surface area (TPSA) is 95.9 Å². The molecule has 1 aliphatic rings. The third kappa shape index (κ3) is 7.43. The Bertz CT molecular complexity index is 1500. The maximum absolute atomic E-state index is 13.1. The zero-order valence-corrected chi connectivity index (χ0v) is 23.3. The number of ketones is 1. The van der Waals surface area contributed by atoms with E-state index in [-0.39, 0.29) is 24.0 Å². The van der Waals surface area contributed by atoms with E-state index >= 15 is 0 Å². The van der Waals surface area contributed by atoms with E-state index in [1.54, 1.807) is 48.5 Å². The van der Waals surface area contributed by atoms with Crippen LogP contribution in [0.3, 0.4) is 0 Å². The van der Waals surface area contributed by atoms with Crippen molar-refractivity contribution in [1.82, 2.24) is 0 Å². The van der Waals surface area contributed by atoms with Gasteiger partial charge in [-0.15, -0.1) is 0 Å². The van der Waals surface area contributed by atoms with Crippen LogP contribution in [-0.4, -0.2) is 42.0 Å². The van der Waals surface area contributed by atoms with Crippen molar-refractivity contribution in [2.75, 3.05) is 23.4 Å². The standard InChI is InChI=1S/C35H34N2O5/c38-33(26-10-3-1-4-11-26)30-14-7-8-15-31(30)36-32(35(40)41)24-25-16-20-29(21-17-25)42-23-9-22-37(34(39)27-18-19-27)28-12-5-2-6-13-28/h1-8,10-17,20-21,27,32,36H,9,18-19,22-24H2,(H,40,41)/t32-/m0/s1. The Morgan fingerprint density at radius 3 is 2.14 bits per heavy atom. The number of para-hydroxylation sites is 2. The van der Waals surface area contributed by atoms with Crippen LogP contribution in [0.15, 0.2) is 109 Å². The molecule has 4 aromatic carbocycles. The van der Waals surface area contributed by atoms with Crippen LogP contribution in [0.2, 0.25) is 0 Å². The van der Waals surface area contributed by atoms with Gasteiger partial charge in [0.15, 0.2) is 5.78 Å². The van der Waals surface area contributed by atoms with Gasteiger partial charge in [-0.05, 0) is 61.2 Å². The first-order chi connectivity index (χ1) is 20.5. The highest BCUT2D eigenvalue weighted by atomic mass is 16.5. The highest BCUT2D eigenvalue weighted by Crippen LogP contribution is 2.33. The first-order valence-corrected chi connectivity index (χ1v) is 14.3. The van der Waals surface area contributed by atoms with Gasteiger partial charge in [0.05, 0.1) is 6.61 Å². The largest absolute Gasteiger partial charge is 0.494 e. The quantitative estimate of drug-likeness (QED) is 0.140. The minimum atomic E-state index is -1.01. The Morgan fingerprint density at radius 2 is 1.48 bits per heavy atom. The van der Waals surface area contributed by atoms with Crippen molar-refractivity contribution in [2.24, 2.45) is 5.92 Å². The van der Waals surface area contributed by atoms with Crippen molar-refractivity contribution in [3.05, 3.63) is 126 Å². The van der Waals surface area contributed by atoms with Gasteiger partial charge in [-0.3, -0.25) is 9.59 Å². The Kier molecular flexibility index (Phi) is 9.29. The van der Waals surface area contributed by atoms with Crippen LogP contribution in [0.5, 0.6) is 5.75 Å². The molecule has 1 saturated carbocycles. The van der Waals surface area contributed by atoms with Gasteiger partial charge >= 0.3 is 5.97 Å². The van der Waals surface area contributed by atoms with Crippen LogP contribution < -0.4 is 15.0 Å². The number of ether oxygens (including phenoxy) is 1. The van der Waals surface area contributed by atoms with Gasteiger partial charge < -0.3 is 20.1 Å². The molecule has 0 heterocycles. The SMILES string of the molecule is O=C(c1ccccc1)c1ccccc1N[C@@H](Cc1ccc(OCCCN(C(=O)C2CC2)c2ccccc2)cc1)C(=O)O. The van der Waals surface area contributed by atoms with E-state index in [0.29, 0.717) is 42.1 Å². The first kappa shape index (κ1) is 28.6. The van der Waals surface area contributed by atoms with Gasteiger partial charge in [-0.25, -0.2) is 4.79 Å². The number of nitrogens with one attached hydrogen (secondary N) is 1. The number of carbonyl (C=O) groups excluding carboxylic acids is 2. The molecule has 1 amide bonds. The molecule has 0 unspecified atom stereocenters. The molecule has 1 atom stereocenters. The minimum Gasteiger partial charge on any atom is -0.494 e. The Morgan fingerprint density at radius 1 is 0.833 bits per heavy atom. The molecule has 7 heteroatoms. The summed E-state index contributed by atoms with van der Waals surface area (Å²) in [7, 11) is 0. The average molecular weight is 563 g/mol. The third-order valence-electron chi connectivity index (χ3n) is 7.25. The van der Waals surface area contributed by atoms with Crippen molar-refractivity contribution in [3.8, 4) is 5.75 Å². The van der Waals surface area contributed by atoms with Gasteiger partial charge in [-0.2, -0.15) is 0 Å². The summed E-state index contributed by atoms with van der Waals surface area (Å²) in [5.74, 6) is -0.189.